The number of benzene rings is 2. The van der Waals surface area contributed by atoms with E-state index < -0.39 is 0 Å². The van der Waals surface area contributed by atoms with E-state index >= 15 is 0 Å². The number of hydrogen-bond acceptors (Lipinski definition) is 2. The number of carbonyl (C=O) groups is 1. The zero-order valence-corrected chi connectivity index (χ0v) is 15.9. The zero-order valence-electron chi connectivity index (χ0n) is 15.2. The van der Waals surface area contributed by atoms with Crippen molar-refractivity contribution >= 4 is 23.2 Å². The van der Waals surface area contributed by atoms with Gasteiger partial charge in [0.15, 0.2) is 0 Å². The molecule has 0 unspecified atom stereocenters. The third-order valence-corrected chi connectivity index (χ3v) is 4.34. The van der Waals surface area contributed by atoms with Crippen LogP contribution >= 0.6 is 11.6 Å². The predicted octanol–water partition coefficient (Wildman–Crippen LogP) is 5.13. The Hall–Kier alpha value is -2.59. The summed E-state index contributed by atoms with van der Waals surface area (Å²) in [5, 5.41) is 7.71. The summed E-state index contributed by atoms with van der Waals surface area (Å²) < 4.78 is 1.74. The quantitative estimate of drug-likeness (QED) is 0.694. The lowest BCUT2D eigenvalue weighted by molar-refractivity contribution is 0.102. The number of nitrogens with zero attached hydrogens (tertiary/aromatic N) is 2. The largest absolute Gasteiger partial charge is 0.322 e. The average Bonchev–Trinajstić information content (AvgIpc) is 2.99. The Labute approximate surface area is 158 Å². The molecule has 26 heavy (non-hydrogen) atoms. The molecule has 0 spiro atoms. The fourth-order valence-electron chi connectivity index (χ4n) is 2.68. The van der Waals surface area contributed by atoms with Crippen LogP contribution < -0.4 is 5.32 Å². The maximum absolute atomic E-state index is 12.6. The van der Waals surface area contributed by atoms with Gasteiger partial charge in [0.05, 0.1) is 17.8 Å². The van der Waals surface area contributed by atoms with E-state index in [1.54, 1.807) is 23.1 Å². The van der Waals surface area contributed by atoms with Crippen LogP contribution in [0.25, 0.3) is 0 Å². The molecule has 3 aromatic rings. The van der Waals surface area contributed by atoms with Crippen molar-refractivity contribution in [1.82, 2.24) is 9.78 Å². The highest BCUT2D eigenvalue weighted by Crippen LogP contribution is 2.23. The normalized spacial score (nSPS) is 11.4. The molecule has 0 saturated heterocycles. The summed E-state index contributed by atoms with van der Waals surface area (Å²) in [6, 6.07) is 15.5. The molecule has 134 valence electrons. The molecule has 4 nitrogen and oxygen atoms in total. The van der Waals surface area contributed by atoms with E-state index in [2.05, 4.69) is 31.2 Å². The first kappa shape index (κ1) is 18.2. The van der Waals surface area contributed by atoms with Gasteiger partial charge in [0, 0.05) is 17.4 Å². The molecule has 0 radical (unpaired) electrons. The molecular weight excluding hydrogens is 346 g/mol. The Balaban J connectivity index is 1.70. The van der Waals surface area contributed by atoms with Gasteiger partial charge in [-0.15, -0.1) is 0 Å². The smallest absolute Gasteiger partial charge is 0.255 e. The number of amides is 1. The topological polar surface area (TPSA) is 46.9 Å². The lowest BCUT2D eigenvalue weighted by atomic mass is 9.87. The SMILES string of the molecule is CC(C)(C)c1ccc(NC(=O)c2cccc(Cn3cc(Cl)cn3)c2)cc1. The molecule has 0 aliphatic rings. The second-order valence-electron chi connectivity index (χ2n) is 7.34. The van der Waals surface area contributed by atoms with E-state index in [1.807, 2.05) is 42.5 Å². The van der Waals surface area contributed by atoms with Gasteiger partial charge in [-0.2, -0.15) is 5.10 Å². The number of anilines is 1. The van der Waals surface area contributed by atoms with E-state index in [0.717, 1.165) is 11.3 Å². The van der Waals surface area contributed by atoms with E-state index in [1.165, 1.54) is 5.56 Å². The molecule has 1 amide bonds. The van der Waals surface area contributed by atoms with Gasteiger partial charge in [-0.05, 0) is 40.8 Å². The summed E-state index contributed by atoms with van der Waals surface area (Å²) in [6.45, 7) is 7.06. The summed E-state index contributed by atoms with van der Waals surface area (Å²) in [5.41, 5.74) is 3.70. The lowest BCUT2D eigenvalue weighted by Crippen LogP contribution is -2.14. The summed E-state index contributed by atoms with van der Waals surface area (Å²) in [5.74, 6) is -0.131. The fraction of sp³-hybridized carbons (Fsp3) is 0.238. The predicted molar refractivity (Wildman–Crippen MR) is 106 cm³/mol. The maximum atomic E-state index is 12.6. The molecule has 0 saturated carbocycles. The molecule has 0 atom stereocenters. The number of halogens is 1. The summed E-state index contributed by atoms with van der Waals surface area (Å²) >= 11 is 5.89. The lowest BCUT2D eigenvalue weighted by Gasteiger charge is -2.19. The first-order chi connectivity index (χ1) is 12.3. The summed E-state index contributed by atoms with van der Waals surface area (Å²) in [6.07, 6.45) is 3.35. The standard InChI is InChI=1S/C21H22ClN3O/c1-21(2,3)17-7-9-19(10-8-17)24-20(26)16-6-4-5-15(11-16)13-25-14-18(22)12-23-25/h4-12,14H,13H2,1-3H3,(H,24,26). The molecule has 0 bridgehead atoms. The van der Waals surface area contributed by atoms with Gasteiger partial charge in [0.25, 0.3) is 5.91 Å². The minimum Gasteiger partial charge on any atom is -0.322 e. The Kier molecular flexibility index (Phi) is 5.14. The van der Waals surface area contributed by atoms with Gasteiger partial charge in [-0.3, -0.25) is 9.48 Å². The molecule has 3 rings (SSSR count). The van der Waals surface area contributed by atoms with Crippen LogP contribution in [-0.4, -0.2) is 15.7 Å². The van der Waals surface area contributed by atoms with Crippen LogP contribution in [0, 0.1) is 0 Å². The number of carbonyl (C=O) groups excluding carboxylic acids is 1. The van der Waals surface area contributed by atoms with Crippen LogP contribution in [0.3, 0.4) is 0 Å². The fourth-order valence-corrected chi connectivity index (χ4v) is 2.84. The highest BCUT2D eigenvalue weighted by Gasteiger charge is 2.13. The van der Waals surface area contributed by atoms with Gasteiger partial charge in [0.2, 0.25) is 0 Å². The van der Waals surface area contributed by atoms with Crippen molar-refractivity contribution in [3.05, 3.63) is 82.6 Å². The number of nitrogens with one attached hydrogen (secondary N) is 1. The van der Waals surface area contributed by atoms with Gasteiger partial charge in [-0.1, -0.05) is 56.6 Å². The van der Waals surface area contributed by atoms with Gasteiger partial charge >= 0.3 is 0 Å². The van der Waals surface area contributed by atoms with Crippen LogP contribution in [-0.2, 0) is 12.0 Å². The number of hydrogen-bond donors (Lipinski definition) is 1. The Morgan fingerprint density at radius 3 is 2.50 bits per heavy atom. The van der Waals surface area contributed by atoms with Crippen molar-refractivity contribution < 1.29 is 4.79 Å². The van der Waals surface area contributed by atoms with Crippen LogP contribution in [0.1, 0.15) is 42.3 Å². The third kappa shape index (κ3) is 4.52. The van der Waals surface area contributed by atoms with Crippen LogP contribution in [0.5, 0.6) is 0 Å². The van der Waals surface area contributed by atoms with Crippen molar-refractivity contribution in [1.29, 1.82) is 0 Å². The van der Waals surface area contributed by atoms with E-state index in [-0.39, 0.29) is 11.3 Å². The van der Waals surface area contributed by atoms with E-state index in [0.29, 0.717) is 17.1 Å². The highest BCUT2D eigenvalue weighted by atomic mass is 35.5. The van der Waals surface area contributed by atoms with Crippen molar-refractivity contribution in [2.75, 3.05) is 5.32 Å². The zero-order chi connectivity index (χ0) is 18.7. The first-order valence-corrected chi connectivity index (χ1v) is 8.88. The molecule has 1 aromatic heterocycles. The molecular formula is C21H22ClN3O. The second kappa shape index (κ2) is 7.34. The molecule has 2 aromatic carbocycles. The summed E-state index contributed by atoms with van der Waals surface area (Å²) in [7, 11) is 0. The third-order valence-electron chi connectivity index (χ3n) is 4.14. The van der Waals surface area contributed by atoms with Crippen LogP contribution in [0.15, 0.2) is 60.9 Å². The monoisotopic (exact) mass is 367 g/mol. The van der Waals surface area contributed by atoms with Crippen LogP contribution in [0.2, 0.25) is 5.02 Å². The van der Waals surface area contributed by atoms with E-state index in [9.17, 15) is 4.79 Å². The highest BCUT2D eigenvalue weighted by molar-refractivity contribution is 6.30. The van der Waals surface area contributed by atoms with Gasteiger partial charge < -0.3 is 5.32 Å². The molecule has 0 fully saturated rings. The van der Waals surface area contributed by atoms with Crippen LogP contribution in [0.4, 0.5) is 5.69 Å². The van der Waals surface area contributed by atoms with Crippen molar-refractivity contribution in [3.63, 3.8) is 0 Å². The molecule has 0 aliphatic carbocycles. The Bertz CT molecular complexity index is 908. The van der Waals surface area contributed by atoms with Gasteiger partial charge in [-0.25, -0.2) is 0 Å². The van der Waals surface area contributed by atoms with Crippen molar-refractivity contribution in [3.8, 4) is 0 Å². The second-order valence-corrected chi connectivity index (χ2v) is 7.77. The first-order valence-electron chi connectivity index (χ1n) is 8.50. The Morgan fingerprint density at radius 1 is 1.15 bits per heavy atom. The molecule has 1 heterocycles. The number of aromatic nitrogens is 2. The molecule has 1 N–H and O–H groups in total. The Morgan fingerprint density at radius 2 is 1.88 bits per heavy atom. The summed E-state index contributed by atoms with van der Waals surface area (Å²) in [4.78, 5) is 12.6. The van der Waals surface area contributed by atoms with Gasteiger partial charge in [0.1, 0.15) is 0 Å². The van der Waals surface area contributed by atoms with E-state index in [4.69, 9.17) is 11.6 Å². The minimum absolute atomic E-state index is 0.0896. The maximum Gasteiger partial charge on any atom is 0.255 e. The van der Waals surface area contributed by atoms with Crippen molar-refractivity contribution in [2.24, 2.45) is 0 Å². The molecule has 0 aliphatic heterocycles. The average molecular weight is 368 g/mol. The van der Waals surface area contributed by atoms with Crippen molar-refractivity contribution in [2.45, 2.75) is 32.7 Å². The minimum atomic E-state index is -0.131. The number of rotatable bonds is 4. The molecule has 5 heteroatoms.